The predicted molar refractivity (Wildman–Crippen MR) is 80.2 cm³/mol. The van der Waals surface area contributed by atoms with Gasteiger partial charge in [-0.05, 0) is 43.2 Å². The number of ether oxygens (including phenoxy) is 1. The first-order valence-electron chi connectivity index (χ1n) is 6.70. The Morgan fingerprint density at radius 3 is 2.65 bits per heavy atom. The Morgan fingerprint density at radius 2 is 1.90 bits per heavy atom. The highest BCUT2D eigenvalue weighted by atomic mass is 16.5. The largest absolute Gasteiger partial charge is 0.492 e. The first-order chi connectivity index (χ1) is 9.66. The first kappa shape index (κ1) is 14.1. The molecule has 2 rings (SSSR count). The van der Waals surface area contributed by atoms with Gasteiger partial charge in [-0.1, -0.05) is 30.3 Å². The number of hydrogen-bond donors (Lipinski definition) is 1. The maximum atomic E-state index is 12.0. The molecule has 0 aliphatic carbocycles. The zero-order chi connectivity index (χ0) is 14.4. The maximum absolute atomic E-state index is 12.0. The van der Waals surface area contributed by atoms with Crippen LogP contribution >= 0.6 is 0 Å². The predicted octanol–water partition coefficient (Wildman–Crippen LogP) is 3.11. The van der Waals surface area contributed by atoms with E-state index < -0.39 is 0 Å². The van der Waals surface area contributed by atoms with Crippen LogP contribution in [0, 0.1) is 13.8 Å². The van der Waals surface area contributed by atoms with Crippen molar-refractivity contribution >= 4 is 5.91 Å². The van der Waals surface area contributed by atoms with Crippen molar-refractivity contribution < 1.29 is 9.53 Å². The summed E-state index contributed by atoms with van der Waals surface area (Å²) in [7, 11) is 0. The molecule has 0 fully saturated rings. The number of amides is 1. The molecule has 0 heterocycles. The van der Waals surface area contributed by atoms with Gasteiger partial charge in [0.2, 0.25) is 0 Å². The number of benzene rings is 2. The fourth-order valence-corrected chi connectivity index (χ4v) is 1.96. The highest BCUT2D eigenvalue weighted by molar-refractivity contribution is 5.95. The average molecular weight is 269 g/mol. The van der Waals surface area contributed by atoms with E-state index in [0.29, 0.717) is 18.7 Å². The summed E-state index contributed by atoms with van der Waals surface area (Å²) in [6.07, 6.45) is 0. The molecule has 0 aromatic heterocycles. The zero-order valence-corrected chi connectivity index (χ0v) is 11.8. The van der Waals surface area contributed by atoms with Crippen molar-refractivity contribution in [1.29, 1.82) is 0 Å². The average Bonchev–Trinajstić information content (AvgIpc) is 2.44. The van der Waals surface area contributed by atoms with Crippen LogP contribution in [0.15, 0.2) is 48.5 Å². The van der Waals surface area contributed by atoms with E-state index in [1.807, 2.05) is 62.4 Å². The van der Waals surface area contributed by atoms with E-state index in [-0.39, 0.29) is 5.91 Å². The summed E-state index contributed by atoms with van der Waals surface area (Å²) in [5.74, 6) is 0.770. The molecule has 20 heavy (non-hydrogen) atoms. The van der Waals surface area contributed by atoms with Gasteiger partial charge in [0.25, 0.3) is 5.91 Å². The van der Waals surface area contributed by atoms with Crippen molar-refractivity contribution in [2.24, 2.45) is 0 Å². The van der Waals surface area contributed by atoms with Crippen LogP contribution in [0.4, 0.5) is 0 Å². The summed E-state index contributed by atoms with van der Waals surface area (Å²) in [6, 6.07) is 15.4. The van der Waals surface area contributed by atoms with Crippen molar-refractivity contribution in [1.82, 2.24) is 5.32 Å². The highest BCUT2D eigenvalue weighted by Crippen LogP contribution is 2.11. The van der Waals surface area contributed by atoms with Crippen LogP contribution in [0.2, 0.25) is 0 Å². The minimum atomic E-state index is -0.0593. The van der Waals surface area contributed by atoms with Crippen molar-refractivity contribution in [3.63, 3.8) is 0 Å². The molecule has 0 unspecified atom stereocenters. The first-order valence-corrected chi connectivity index (χ1v) is 6.70. The molecule has 1 amide bonds. The molecule has 2 aromatic rings. The number of nitrogens with one attached hydrogen (secondary N) is 1. The molecule has 0 bridgehead atoms. The molecule has 0 spiro atoms. The fourth-order valence-electron chi connectivity index (χ4n) is 1.96. The zero-order valence-electron chi connectivity index (χ0n) is 11.8. The van der Waals surface area contributed by atoms with E-state index in [1.165, 1.54) is 0 Å². The van der Waals surface area contributed by atoms with Gasteiger partial charge < -0.3 is 10.1 Å². The molecule has 2 aromatic carbocycles. The minimum absolute atomic E-state index is 0.0593. The molecule has 3 heteroatoms. The van der Waals surface area contributed by atoms with Crippen LogP contribution in [0.3, 0.4) is 0 Å². The number of rotatable bonds is 5. The quantitative estimate of drug-likeness (QED) is 0.847. The highest BCUT2D eigenvalue weighted by Gasteiger charge is 2.06. The Bertz CT molecular complexity index is 593. The topological polar surface area (TPSA) is 38.3 Å². The second-order valence-corrected chi connectivity index (χ2v) is 4.74. The second kappa shape index (κ2) is 6.75. The molecular formula is C17H19NO2. The van der Waals surface area contributed by atoms with Crippen molar-refractivity contribution in [3.05, 3.63) is 65.2 Å². The van der Waals surface area contributed by atoms with Gasteiger partial charge in [0.1, 0.15) is 12.4 Å². The summed E-state index contributed by atoms with van der Waals surface area (Å²) < 4.78 is 5.59. The second-order valence-electron chi connectivity index (χ2n) is 4.74. The van der Waals surface area contributed by atoms with Gasteiger partial charge in [-0.3, -0.25) is 4.79 Å². The van der Waals surface area contributed by atoms with Crippen LogP contribution in [0.5, 0.6) is 5.75 Å². The Hall–Kier alpha value is -2.29. The van der Waals surface area contributed by atoms with Gasteiger partial charge in [-0.25, -0.2) is 0 Å². The van der Waals surface area contributed by atoms with Gasteiger partial charge in [0, 0.05) is 5.56 Å². The van der Waals surface area contributed by atoms with Crippen molar-refractivity contribution in [2.75, 3.05) is 13.2 Å². The lowest BCUT2D eigenvalue weighted by Gasteiger charge is -2.09. The standard InChI is InChI=1S/C17H19NO2/c1-13-6-5-8-15(12-13)20-11-10-18-17(19)16-9-4-3-7-14(16)2/h3-9,12H,10-11H2,1-2H3,(H,18,19). The van der Waals surface area contributed by atoms with Crippen LogP contribution in [0.25, 0.3) is 0 Å². The molecule has 0 radical (unpaired) electrons. The number of carbonyl (C=O) groups excluding carboxylic acids is 1. The van der Waals surface area contributed by atoms with Crippen LogP contribution < -0.4 is 10.1 Å². The fraction of sp³-hybridized carbons (Fsp3) is 0.235. The van der Waals surface area contributed by atoms with Crippen LogP contribution in [-0.2, 0) is 0 Å². The monoisotopic (exact) mass is 269 g/mol. The van der Waals surface area contributed by atoms with Gasteiger partial charge in [0.05, 0.1) is 6.54 Å². The summed E-state index contributed by atoms with van der Waals surface area (Å²) in [5, 5.41) is 2.86. The number of carbonyl (C=O) groups is 1. The van der Waals surface area contributed by atoms with E-state index >= 15 is 0 Å². The lowest BCUT2D eigenvalue weighted by atomic mass is 10.1. The van der Waals surface area contributed by atoms with Crippen LogP contribution in [0.1, 0.15) is 21.5 Å². The third kappa shape index (κ3) is 3.85. The maximum Gasteiger partial charge on any atom is 0.251 e. The Morgan fingerprint density at radius 1 is 1.10 bits per heavy atom. The van der Waals surface area contributed by atoms with Crippen LogP contribution in [-0.4, -0.2) is 19.1 Å². The summed E-state index contributed by atoms with van der Waals surface area (Å²) in [4.78, 5) is 12.0. The summed E-state index contributed by atoms with van der Waals surface area (Å²) in [5.41, 5.74) is 2.85. The third-order valence-electron chi connectivity index (χ3n) is 3.04. The van der Waals surface area contributed by atoms with Crippen molar-refractivity contribution in [3.8, 4) is 5.75 Å². The van der Waals surface area contributed by atoms with Gasteiger partial charge >= 0.3 is 0 Å². The Labute approximate surface area is 119 Å². The molecule has 1 N–H and O–H groups in total. The third-order valence-corrected chi connectivity index (χ3v) is 3.04. The smallest absolute Gasteiger partial charge is 0.251 e. The van der Waals surface area contributed by atoms with E-state index in [2.05, 4.69) is 5.32 Å². The van der Waals surface area contributed by atoms with E-state index in [1.54, 1.807) is 0 Å². The molecule has 104 valence electrons. The molecule has 0 atom stereocenters. The molecule has 0 aliphatic heterocycles. The van der Waals surface area contributed by atoms with Gasteiger partial charge in [-0.15, -0.1) is 0 Å². The molecule has 0 aliphatic rings. The minimum Gasteiger partial charge on any atom is -0.492 e. The summed E-state index contributed by atoms with van der Waals surface area (Å²) >= 11 is 0. The normalized spacial score (nSPS) is 10.1. The lowest BCUT2D eigenvalue weighted by molar-refractivity contribution is 0.0946. The lowest BCUT2D eigenvalue weighted by Crippen LogP contribution is -2.28. The molecule has 3 nitrogen and oxygen atoms in total. The number of hydrogen-bond acceptors (Lipinski definition) is 2. The van der Waals surface area contributed by atoms with E-state index in [4.69, 9.17) is 4.74 Å². The molecule has 0 saturated heterocycles. The van der Waals surface area contributed by atoms with E-state index in [9.17, 15) is 4.79 Å². The Balaban J connectivity index is 1.79. The van der Waals surface area contributed by atoms with Gasteiger partial charge in [-0.2, -0.15) is 0 Å². The number of aryl methyl sites for hydroxylation is 2. The molecular weight excluding hydrogens is 250 g/mol. The molecule has 0 saturated carbocycles. The van der Waals surface area contributed by atoms with Gasteiger partial charge in [0.15, 0.2) is 0 Å². The summed E-state index contributed by atoms with van der Waals surface area (Å²) in [6.45, 7) is 4.90. The van der Waals surface area contributed by atoms with E-state index in [0.717, 1.165) is 16.9 Å². The SMILES string of the molecule is Cc1cccc(OCCNC(=O)c2ccccc2C)c1. The van der Waals surface area contributed by atoms with Crippen molar-refractivity contribution in [2.45, 2.75) is 13.8 Å². The Kier molecular flexibility index (Phi) is 4.77.